The first-order valence-electron chi connectivity index (χ1n) is 9.93. The third-order valence-corrected chi connectivity index (χ3v) is 5.25. The largest absolute Gasteiger partial charge is 0.444 e. The van der Waals surface area contributed by atoms with Crippen LogP contribution in [-0.2, 0) is 33.1 Å². The summed E-state index contributed by atoms with van der Waals surface area (Å²) in [6.45, 7) is 4.36. The second-order valence-corrected chi connectivity index (χ2v) is 7.54. The molecule has 0 aliphatic heterocycles. The van der Waals surface area contributed by atoms with Gasteiger partial charge in [0.25, 0.3) is 11.5 Å². The summed E-state index contributed by atoms with van der Waals surface area (Å²) in [6, 6.07) is 13.1. The molecule has 0 atom stereocenters. The predicted molar refractivity (Wildman–Crippen MR) is 118 cm³/mol. The van der Waals surface area contributed by atoms with Crippen molar-refractivity contribution in [1.82, 2.24) is 9.55 Å². The van der Waals surface area contributed by atoms with Crippen molar-refractivity contribution in [2.24, 2.45) is 0 Å². The van der Waals surface area contributed by atoms with Gasteiger partial charge in [-0.2, -0.15) is 0 Å². The summed E-state index contributed by atoms with van der Waals surface area (Å²) in [5.41, 5.74) is 0.296. The number of carbonyl (C=O) groups excluding carboxylic acids is 1. The first-order chi connectivity index (χ1) is 15.1. The van der Waals surface area contributed by atoms with E-state index in [2.05, 4.69) is 10.3 Å². The van der Waals surface area contributed by atoms with Gasteiger partial charge in [0.2, 0.25) is 0 Å². The lowest BCUT2D eigenvalue weighted by molar-refractivity contribution is -0.292. The standard InChI is InChI=1S/C22H25N3O5S/c1-3-29-22(30-4-2,13-18-11-8-12-31-18)25-16-23-14-19(20(25)26)24-21(27)28-15-17-9-6-5-7-10-17/h5-12,14,16H,3-4,13,15H2,1-2H3,(H,24,27). The zero-order valence-electron chi connectivity index (χ0n) is 17.4. The van der Waals surface area contributed by atoms with E-state index < -0.39 is 17.6 Å². The van der Waals surface area contributed by atoms with Crippen LogP contribution in [0.5, 0.6) is 0 Å². The van der Waals surface area contributed by atoms with Gasteiger partial charge in [0.1, 0.15) is 18.6 Å². The van der Waals surface area contributed by atoms with Crippen molar-refractivity contribution in [3.8, 4) is 0 Å². The lowest BCUT2D eigenvalue weighted by atomic mass is 10.2. The molecule has 1 N–H and O–H groups in total. The molecular formula is C22H25N3O5S. The second-order valence-electron chi connectivity index (χ2n) is 6.50. The molecule has 0 fully saturated rings. The average Bonchev–Trinajstić information content (AvgIpc) is 3.27. The number of hydrogen-bond donors (Lipinski definition) is 1. The van der Waals surface area contributed by atoms with Crippen LogP contribution < -0.4 is 10.9 Å². The SMILES string of the molecule is CCOC(Cc1cccs1)(OCC)n1cncc(NC(=O)OCc2ccccc2)c1=O. The zero-order valence-corrected chi connectivity index (χ0v) is 18.3. The average molecular weight is 444 g/mol. The minimum Gasteiger partial charge on any atom is -0.444 e. The Morgan fingerprint density at radius 2 is 1.87 bits per heavy atom. The number of benzene rings is 1. The number of nitrogens with zero attached hydrogens (tertiary/aromatic N) is 2. The van der Waals surface area contributed by atoms with Crippen LogP contribution in [0.4, 0.5) is 10.5 Å². The Balaban J connectivity index is 1.84. The quantitative estimate of drug-likeness (QED) is 0.477. The van der Waals surface area contributed by atoms with E-state index in [1.807, 2.05) is 61.7 Å². The van der Waals surface area contributed by atoms with Crippen molar-refractivity contribution < 1.29 is 19.0 Å². The topological polar surface area (TPSA) is 91.7 Å². The molecule has 0 spiro atoms. The molecule has 0 radical (unpaired) electrons. The highest BCUT2D eigenvalue weighted by Gasteiger charge is 2.36. The first-order valence-corrected chi connectivity index (χ1v) is 10.8. The molecule has 0 aliphatic carbocycles. The normalized spacial score (nSPS) is 11.3. The minimum atomic E-state index is -1.38. The van der Waals surface area contributed by atoms with E-state index in [0.717, 1.165) is 10.4 Å². The molecule has 0 bridgehead atoms. The Bertz CT molecular complexity index is 1020. The van der Waals surface area contributed by atoms with Crippen molar-refractivity contribution >= 4 is 23.1 Å². The molecule has 0 saturated heterocycles. The molecular weight excluding hydrogens is 418 g/mol. The highest BCUT2D eigenvalue weighted by atomic mass is 32.1. The third-order valence-electron chi connectivity index (χ3n) is 4.37. The molecule has 0 aliphatic rings. The fourth-order valence-corrected chi connectivity index (χ4v) is 3.82. The van der Waals surface area contributed by atoms with Gasteiger partial charge >= 0.3 is 6.09 Å². The van der Waals surface area contributed by atoms with Gasteiger partial charge in [0, 0.05) is 18.1 Å². The minimum absolute atomic E-state index is 0.0319. The van der Waals surface area contributed by atoms with E-state index in [9.17, 15) is 9.59 Å². The van der Waals surface area contributed by atoms with E-state index in [4.69, 9.17) is 14.2 Å². The van der Waals surface area contributed by atoms with Crippen LogP contribution in [-0.4, -0.2) is 28.9 Å². The second kappa shape index (κ2) is 10.9. The maximum Gasteiger partial charge on any atom is 0.412 e. The Morgan fingerprint density at radius 3 is 2.52 bits per heavy atom. The summed E-state index contributed by atoms with van der Waals surface area (Å²) in [5, 5.41) is 4.41. The lowest BCUT2D eigenvalue weighted by Crippen LogP contribution is -2.48. The van der Waals surface area contributed by atoms with Crippen molar-refractivity contribution in [2.75, 3.05) is 18.5 Å². The number of aromatic nitrogens is 2. The molecule has 9 heteroatoms. The number of anilines is 1. The molecule has 3 rings (SSSR count). The predicted octanol–water partition coefficient (Wildman–Crippen LogP) is 3.98. The van der Waals surface area contributed by atoms with Crippen LogP contribution in [0, 0.1) is 0 Å². The molecule has 8 nitrogen and oxygen atoms in total. The molecule has 164 valence electrons. The van der Waals surface area contributed by atoms with E-state index in [-0.39, 0.29) is 12.3 Å². The van der Waals surface area contributed by atoms with Crippen LogP contribution in [0.15, 0.2) is 65.2 Å². The summed E-state index contributed by atoms with van der Waals surface area (Å²) in [5.74, 6) is -1.38. The van der Waals surface area contributed by atoms with Gasteiger partial charge in [-0.05, 0) is 30.9 Å². The Kier molecular flexibility index (Phi) is 7.94. The molecule has 0 unspecified atom stereocenters. The first kappa shape index (κ1) is 22.7. The zero-order chi connectivity index (χ0) is 22.1. The summed E-state index contributed by atoms with van der Waals surface area (Å²) in [4.78, 5) is 30.5. The number of hydrogen-bond acceptors (Lipinski definition) is 7. The van der Waals surface area contributed by atoms with E-state index in [1.54, 1.807) is 0 Å². The fourth-order valence-electron chi connectivity index (χ4n) is 3.06. The van der Waals surface area contributed by atoms with Gasteiger partial charge < -0.3 is 14.2 Å². The van der Waals surface area contributed by atoms with Crippen LogP contribution in [0.1, 0.15) is 24.3 Å². The molecule has 31 heavy (non-hydrogen) atoms. The van der Waals surface area contributed by atoms with Crippen molar-refractivity contribution in [2.45, 2.75) is 32.8 Å². The Hall–Kier alpha value is -3.01. The maximum absolute atomic E-state index is 13.2. The lowest BCUT2D eigenvalue weighted by Gasteiger charge is -2.34. The van der Waals surface area contributed by atoms with Crippen LogP contribution >= 0.6 is 11.3 Å². The van der Waals surface area contributed by atoms with Gasteiger partial charge in [0.15, 0.2) is 0 Å². The number of thiophene rings is 1. The van der Waals surface area contributed by atoms with Crippen molar-refractivity contribution in [3.63, 3.8) is 0 Å². The Labute approximate surface area is 184 Å². The summed E-state index contributed by atoms with van der Waals surface area (Å²) in [7, 11) is 0. The number of rotatable bonds is 10. The van der Waals surface area contributed by atoms with Crippen molar-refractivity contribution in [3.05, 3.63) is 81.2 Å². The fraction of sp³-hybridized carbons (Fsp3) is 0.318. The number of carbonyl (C=O) groups is 1. The summed E-state index contributed by atoms with van der Waals surface area (Å²) < 4.78 is 18.4. The summed E-state index contributed by atoms with van der Waals surface area (Å²) >= 11 is 1.54. The maximum atomic E-state index is 13.2. The van der Waals surface area contributed by atoms with Crippen LogP contribution in [0.3, 0.4) is 0 Å². The van der Waals surface area contributed by atoms with Crippen molar-refractivity contribution in [1.29, 1.82) is 0 Å². The molecule has 3 aromatic rings. The van der Waals surface area contributed by atoms with E-state index >= 15 is 0 Å². The van der Waals surface area contributed by atoms with Gasteiger partial charge in [-0.1, -0.05) is 36.4 Å². The number of nitrogens with one attached hydrogen (secondary N) is 1. The monoisotopic (exact) mass is 443 g/mol. The van der Waals surface area contributed by atoms with Crippen LogP contribution in [0.25, 0.3) is 0 Å². The third kappa shape index (κ3) is 5.78. The van der Waals surface area contributed by atoms with Gasteiger partial charge in [-0.15, -0.1) is 11.3 Å². The van der Waals surface area contributed by atoms with E-state index in [0.29, 0.717) is 19.6 Å². The molecule has 2 heterocycles. The van der Waals surface area contributed by atoms with E-state index in [1.165, 1.54) is 28.4 Å². The van der Waals surface area contributed by atoms with Crippen LogP contribution in [0.2, 0.25) is 0 Å². The molecule has 1 aromatic carbocycles. The number of ether oxygens (including phenoxy) is 3. The van der Waals surface area contributed by atoms with Gasteiger partial charge in [-0.25, -0.2) is 14.3 Å². The molecule has 1 amide bonds. The smallest absolute Gasteiger partial charge is 0.412 e. The highest BCUT2D eigenvalue weighted by molar-refractivity contribution is 7.09. The molecule has 0 saturated carbocycles. The van der Waals surface area contributed by atoms with Gasteiger partial charge in [-0.3, -0.25) is 10.1 Å². The van der Waals surface area contributed by atoms with Gasteiger partial charge in [0.05, 0.1) is 12.6 Å². The highest BCUT2D eigenvalue weighted by Crippen LogP contribution is 2.27. The molecule has 2 aromatic heterocycles. The Morgan fingerprint density at radius 1 is 1.13 bits per heavy atom. The number of amides is 1. The summed E-state index contributed by atoms with van der Waals surface area (Å²) in [6.07, 6.45) is 2.19.